The number of amides is 2. The maximum Gasteiger partial charge on any atom is 0.255 e. The number of nitrogens with one attached hydrogen (secondary N) is 2. The van der Waals surface area contributed by atoms with Crippen molar-refractivity contribution in [3.05, 3.63) is 58.6 Å². The van der Waals surface area contributed by atoms with Gasteiger partial charge in [0.15, 0.2) is 0 Å². The maximum atomic E-state index is 12.3. The normalized spacial score (nSPS) is 14.0. The van der Waals surface area contributed by atoms with Crippen molar-refractivity contribution in [1.82, 2.24) is 4.72 Å². The molecule has 4 N–H and O–H groups in total. The van der Waals surface area contributed by atoms with Crippen LogP contribution in [0.25, 0.3) is 0 Å². The highest BCUT2D eigenvalue weighted by molar-refractivity contribution is 7.89. The fraction of sp³-hybridized carbons (Fsp3) is 0.176. The number of carbonyl (C=O) groups excluding carboxylic acids is 2. The summed E-state index contributed by atoms with van der Waals surface area (Å²) in [5, 5.41) is 2.75. The molecule has 1 aliphatic carbocycles. The Morgan fingerprint density at radius 2 is 1.73 bits per heavy atom. The molecule has 7 nitrogen and oxygen atoms in total. The zero-order chi connectivity index (χ0) is 18.9. The molecule has 0 saturated heterocycles. The first-order chi connectivity index (χ1) is 12.3. The summed E-state index contributed by atoms with van der Waals surface area (Å²) in [5.41, 5.74) is 6.00. The summed E-state index contributed by atoms with van der Waals surface area (Å²) in [6, 6.07) is 9.95. The molecule has 0 unspecified atom stereocenters. The molecule has 2 aromatic rings. The monoisotopic (exact) mass is 393 g/mol. The van der Waals surface area contributed by atoms with E-state index in [-0.39, 0.29) is 27.1 Å². The highest BCUT2D eigenvalue weighted by Gasteiger charge is 2.28. The van der Waals surface area contributed by atoms with E-state index in [1.54, 1.807) is 0 Å². The summed E-state index contributed by atoms with van der Waals surface area (Å²) in [6.07, 6.45) is 1.69. The van der Waals surface area contributed by atoms with E-state index in [0.717, 1.165) is 12.8 Å². The van der Waals surface area contributed by atoms with Crippen LogP contribution in [0.1, 0.15) is 33.6 Å². The van der Waals surface area contributed by atoms with E-state index in [9.17, 15) is 18.0 Å². The number of carbonyl (C=O) groups is 2. The van der Waals surface area contributed by atoms with Gasteiger partial charge in [-0.25, -0.2) is 13.1 Å². The fourth-order valence-corrected chi connectivity index (χ4v) is 3.85. The first kappa shape index (κ1) is 18.4. The molecule has 136 valence electrons. The van der Waals surface area contributed by atoms with Gasteiger partial charge in [-0.3, -0.25) is 9.59 Å². The Bertz CT molecular complexity index is 970. The Kier molecular flexibility index (Phi) is 4.99. The first-order valence-electron chi connectivity index (χ1n) is 7.79. The average molecular weight is 394 g/mol. The smallest absolute Gasteiger partial charge is 0.255 e. The molecule has 0 atom stereocenters. The van der Waals surface area contributed by atoms with Crippen LogP contribution in [0.2, 0.25) is 5.02 Å². The summed E-state index contributed by atoms with van der Waals surface area (Å²) >= 11 is 5.95. The number of anilines is 1. The summed E-state index contributed by atoms with van der Waals surface area (Å²) in [5.74, 6) is -1.10. The predicted molar refractivity (Wildman–Crippen MR) is 97.7 cm³/mol. The topological polar surface area (TPSA) is 118 Å². The molecule has 0 radical (unpaired) electrons. The average Bonchev–Trinajstić information content (AvgIpc) is 3.38. The van der Waals surface area contributed by atoms with Crippen LogP contribution in [0.5, 0.6) is 0 Å². The van der Waals surface area contributed by atoms with Crippen LogP contribution in [0.15, 0.2) is 47.4 Å². The quantitative estimate of drug-likeness (QED) is 0.696. The van der Waals surface area contributed by atoms with Gasteiger partial charge in [0, 0.05) is 17.3 Å². The van der Waals surface area contributed by atoms with E-state index >= 15 is 0 Å². The highest BCUT2D eigenvalue weighted by atomic mass is 35.5. The number of nitrogens with two attached hydrogens (primary N) is 1. The zero-order valence-corrected chi connectivity index (χ0v) is 15.1. The van der Waals surface area contributed by atoms with Gasteiger partial charge in [-0.15, -0.1) is 0 Å². The Morgan fingerprint density at radius 1 is 1.08 bits per heavy atom. The minimum Gasteiger partial charge on any atom is -0.366 e. The van der Waals surface area contributed by atoms with Gasteiger partial charge in [-0.05, 0) is 55.3 Å². The lowest BCUT2D eigenvalue weighted by Gasteiger charge is -2.09. The van der Waals surface area contributed by atoms with Crippen molar-refractivity contribution in [2.75, 3.05) is 5.32 Å². The van der Waals surface area contributed by atoms with Crippen molar-refractivity contribution in [2.45, 2.75) is 23.8 Å². The molecule has 2 aromatic carbocycles. The molecular formula is C17H16ClN3O4S. The third kappa shape index (κ3) is 4.21. The van der Waals surface area contributed by atoms with Crippen LogP contribution in [-0.2, 0) is 10.0 Å². The molecule has 9 heteroatoms. The largest absolute Gasteiger partial charge is 0.366 e. The van der Waals surface area contributed by atoms with Gasteiger partial charge >= 0.3 is 0 Å². The fourth-order valence-electron chi connectivity index (χ4n) is 2.27. The van der Waals surface area contributed by atoms with Crippen LogP contribution in [0, 0.1) is 0 Å². The number of benzene rings is 2. The number of primary amides is 1. The molecule has 2 amide bonds. The Balaban J connectivity index is 1.72. The minimum absolute atomic E-state index is 0.0103. The number of hydrogen-bond acceptors (Lipinski definition) is 4. The van der Waals surface area contributed by atoms with Gasteiger partial charge in [-0.2, -0.15) is 0 Å². The van der Waals surface area contributed by atoms with Gasteiger partial charge in [-0.1, -0.05) is 11.6 Å². The summed E-state index contributed by atoms with van der Waals surface area (Å²) in [4.78, 5) is 23.5. The molecular weight excluding hydrogens is 378 g/mol. The number of hydrogen-bond donors (Lipinski definition) is 3. The predicted octanol–water partition coefficient (Wildman–Crippen LogP) is 2.13. The lowest BCUT2D eigenvalue weighted by Crippen LogP contribution is -2.25. The van der Waals surface area contributed by atoms with E-state index in [0.29, 0.717) is 5.69 Å². The molecule has 0 heterocycles. The summed E-state index contributed by atoms with van der Waals surface area (Å²) in [7, 11) is -3.56. The zero-order valence-electron chi connectivity index (χ0n) is 13.5. The standard InChI is InChI=1S/C17H16ClN3O4S/c18-15-9-12(5-8-14(15)16(19)22)20-17(23)10-1-6-13(7-2-10)26(24,25)21-11-3-4-11/h1-2,5-9,11,21H,3-4H2,(H2,19,22)(H,20,23). The molecule has 1 aliphatic rings. The van der Waals surface area contributed by atoms with Crippen LogP contribution in [0.3, 0.4) is 0 Å². The van der Waals surface area contributed by atoms with Crippen LogP contribution >= 0.6 is 11.6 Å². The van der Waals surface area contributed by atoms with E-state index in [1.165, 1.54) is 42.5 Å². The van der Waals surface area contributed by atoms with Crippen molar-refractivity contribution in [2.24, 2.45) is 5.73 Å². The lowest BCUT2D eigenvalue weighted by atomic mass is 10.1. The van der Waals surface area contributed by atoms with Crippen molar-refractivity contribution in [3.8, 4) is 0 Å². The summed E-state index contributed by atoms with van der Waals surface area (Å²) < 4.78 is 26.8. The van der Waals surface area contributed by atoms with Crippen molar-refractivity contribution in [1.29, 1.82) is 0 Å². The van der Waals surface area contributed by atoms with E-state index in [1.807, 2.05) is 0 Å². The Morgan fingerprint density at radius 3 is 2.27 bits per heavy atom. The molecule has 0 aromatic heterocycles. The summed E-state index contributed by atoms with van der Waals surface area (Å²) in [6.45, 7) is 0. The molecule has 1 fully saturated rings. The first-order valence-corrected chi connectivity index (χ1v) is 9.65. The molecule has 0 aliphatic heterocycles. The molecule has 3 rings (SSSR count). The molecule has 0 spiro atoms. The molecule has 26 heavy (non-hydrogen) atoms. The van der Waals surface area contributed by atoms with Gasteiger partial charge < -0.3 is 11.1 Å². The SMILES string of the molecule is NC(=O)c1ccc(NC(=O)c2ccc(S(=O)(=O)NC3CC3)cc2)cc1Cl. The van der Waals surface area contributed by atoms with Crippen molar-refractivity contribution >= 4 is 39.1 Å². The number of sulfonamides is 1. The Labute approximate surface area is 155 Å². The van der Waals surface area contributed by atoms with Gasteiger partial charge in [0.2, 0.25) is 15.9 Å². The van der Waals surface area contributed by atoms with Gasteiger partial charge in [0.25, 0.3) is 5.91 Å². The van der Waals surface area contributed by atoms with E-state index in [2.05, 4.69) is 10.0 Å². The number of rotatable bonds is 6. The maximum absolute atomic E-state index is 12.3. The third-order valence-corrected chi connectivity index (χ3v) is 5.67. The van der Waals surface area contributed by atoms with Gasteiger partial charge in [0.05, 0.1) is 15.5 Å². The second-order valence-corrected chi connectivity index (χ2v) is 8.05. The van der Waals surface area contributed by atoms with Crippen molar-refractivity contribution in [3.63, 3.8) is 0 Å². The lowest BCUT2D eigenvalue weighted by molar-refractivity contribution is 0.0998. The van der Waals surface area contributed by atoms with Crippen LogP contribution in [-0.4, -0.2) is 26.3 Å². The Hall–Kier alpha value is -2.42. The molecule has 0 bridgehead atoms. The second-order valence-electron chi connectivity index (χ2n) is 5.93. The second kappa shape index (κ2) is 7.06. The van der Waals surface area contributed by atoms with Gasteiger partial charge in [0.1, 0.15) is 0 Å². The van der Waals surface area contributed by atoms with Crippen LogP contribution < -0.4 is 15.8 Å². The molecule has 1 saturated carbocycles. The van der Waals surface area contributed by atoms with E-state index in [4.69, 9.17) is 17.3 Å². The minimum atomic E-state index is -3.56. The van der Waals surface area contributed by atoms with Crippen molar-refractivity contribution < 1.29 is 18.0 Å². The number of halogens is 1. The van der Waals surface area contributed by atoms with Crippen LogP contribution in [0.4, 0.5) is 5.69 Å². The highest BCUT2D eigenvalue weighted by Crippen LogP contribution is 2.23. The third-order valence-electron chi connectivity index (χ3n) is 3.82. The van der Waals surface area contributed by atoms with E-state index < -0.39 is 21.8 Å².